The summed E-state index contributed by atoms with van der Waals surface area (Å²) in [7, 11) is 0. The Bertz CT molecular complexity index is 260. The van der Waals surface area contributed by atoms with E-state index >= 15 is 0 Å². The standard InChI is InChI=1S/C13H21NO/c1-12-6-9-14(10-7-12)8-2-4-13-5-3-11-15-13/h3,5,11-12H,2,4,6-10H2,1H3. The van der Waals surface area contributed by atoms with Gasteiger partial charge in [0.25, 0.3) is 0 Å². The molecule has 1 saturated heterocycles. The SMILES string of the molecule is CC1CCN(CCCc2ccco2)CC1. The van der Waals surface area contributed by atoms with Crippen LogP contribution in [0.5, 0.6) is 0 Å². The van der Waals surface area contributed by atoms with Crippen molar-refractivity contribution in [2.24, 2.45) is 5.92 Å². The van der Waals surface area contributed by atoms with Gasteiger partial charge >= 0.3 is 0 Å². The quantitative estimate of drug-likeness (QED) is 0.754. The van der Waals surface area contributed by atoms with Gasteiger partial charge in [0.15, 0.2) is 0 Å². The molecule has 0 bridgehead atoms. The Morgan fingerprint density at radius 3 is 2.87 bits per heavy atom. The molecule has 0 aromatic carbocycles. The van der Waals surface area contributed by atoms with E-state index in [-0.39, 0.29) is 0 Å². The zero-order chi connectivity index (χ0) is 10.5. The third-order valence-electron chi connectivity index (χ3n) is 3.35. The molecule has 1 fully saturated rings. The van der Waals surface area contributed by atoms with Crippen molar-refractivity contribution in [2.45, 2.75) is 32.6 Å². The van der Waals surface area contributed by atoms with E-state index in [0.29, 0.717) is 0 Å². The molecule has 1 aromatic heterocycles. The summed E-state index contributed by atoms with van der Waals surface area (Å²) in [5, 5.41) is 0. The minimum Gasteiger partial charge on any atom is -0.469 e. The molecule has 0 atom stereocenters. The van der Waals surface area contributed by atoms with Crippen LogP contribution in [0.1, 0.15) is 31.9 Å². The third-order valence-corrected chi connectivity index (χ3v) is 3.35. The molecular weight excluding hydrogens is 186 g/mol. The number of likely N-dealkylation sites (tertiary alicyclic amines) is 1. The molecule has 0 radical (unpaired) electrons. The Kier molecular flexibility index (Phi) is 3.84. The van der Waals surface area contributed by atoms with Crippen LogP contribution < -0.4 is 0 Å². The molecule has 1 aliphatic rings. The van der Waals surface area contributed by atoms with E-state index in [1.807, 2.05) is 6.07 Å². The smallest absolute Gasteiger partial charge is 0.103 e. The number of nitrogens with zero attached hydrogens (tertiary/aromatic N) is 1. The molecule has 2 rings (SSSR count). The average molecular weight is 207 g/mol. The van der Waals surface area contributed by atoms with E-state index < -0.39 is 0 Å². The first kappa shape index (κ1) is 10.7. The Labute approximate surface area is 92.3 Å². The molecule has 0 spiro atoms. The van der Waals surface area contributed by atoms with Gasteiger partial charge in [-0.05, 0) is 56.9 Å². The van der Waals surface area contributed by atoms with Gasteiger partial charge in [-0.2, -0.15) is 0 Å². The Hall–Kier alpha value is -0.760. The van der Waals surface area contributed by atoms with Crippen LogP contribution in [0, 0.1) is 5.92 Å². The lowest BCUT2D eigenvalue weighted by Gasteiger charge is -2.29. The molecule has 0 saturated carbocycles. The Morgan fingerprint density at radius 2 is 2.20 bits per heavy atom. The molecule has 0 amide bonds. The fourth-order valence-electron chi connectivity index (χ4n) is 2.22. The first-order valence-electron chi connectivity index (χ1n) is 6.09. The summed E-state index contributed by atoms with van der Waals surface area (Å²) in [6.07, 6.45) is 6.82. The van der Waals surface area contributed by atoms with Crippen LogP contribution in [-0.4, -0.2) is 24.5 Å². The van der Waals surface area contributed by atoms with Gasteiger partial charge < -0.3 is 9.32 Å². The van der Waals surface area contributed by atoms with Crippen LogP contribution in [-0.2, 0) is 6.42 Å². The molecule has 2 heterocycles. The lowest BCUT2D eigenvalue weighted by molar-refractivity contribution is 0.190. The zero-order valence-corrected chi connectivity index (χ0v) is 9.61. The summed E-state index contributed by atoms with van der Waals surface area (Å²) in [4.78, 5) is 2.59. The molecule has 2 heteroatoms. The second-order valence-electron chi connectivity index (χ2n) is 4.71. The highest BCUT2D eigenvalue weighted by Gasteiger charge is 2.14. The number of hydrogen-bond acceptors (Lipinski definition) is 2. The highest BCUT2D eigenvalue weighted by atomic mass is 16.3. The predicted molar refractivity (Wildman–Crippen MR) is 61.9 cm³/mol. The number of aryl methyl sites for hydroxylation is 1. The number of furan rings is 1. The van der Waals surface area contributed by atoms with E-state index in [0.717, 1.165) is 18.1 Å². The van der Waals surface area contributed by atoms with Gasteiger partial charge in [-0.3, -0.25) is 0 Å². The van der Waals surface area contributed by atoms with Gasteiger partial charge in [-0.25, -0.2) is 0 Å². The van der Waals surface area contributed by atoms with Crippen molar-refractivity contribution in [3.8, 4) is 0 Å². The van der Waals surface area contributed by atoms with Crippen molar-refractivity contribution >= 4 is 0 Å². The van der Waals surface area contributed by atoms with E-state index in [4.69, 9.17) is 4.42 Å². The second-order valence-corrected chi connectivity index (χ2v) is 4.71. The van der Waals surface area contributed by atoms with E-state index in [9.17, 15) is 0 Å². The summed E-state index contributed by atoms with van der Waals surface area (Å²) < 4.78 is 5.32. The normalized spacial score (nSPS) is 19.5. The van der Waals surface area contributed by atoms with E-state index in [2.05, 4.69) is 17.9 Å². The van der Waals surface area contributed by atoms with Crippen LogP contribution in [0.15, 0.2) is 22.8 Å². The number of rotatable bonds is 4. The maximum atomic E-state index is 5.32. The lowest BCUT2D eigenvalue weighted by Crippen LogP contribution is -2.33. The minimum absolute atomic E-state index is 0.936. The van der Waals surface area contributed by atoms with Gasteiger partial charge in [0.2, 0.25) is 0 Å². The van der Waals surface area contributed by atoms with Crippen molar-refractivity contribution in [1.82, 2.24) is 4.90 Å². The second kappa shape index (κ2) is 5.36. The maximum Gasteiger partial charge on any atom is 0.103 e. The zero-order valence-electron chi connectivity index (χ0n) is 9.61. The molecule has 84 valence electrons. The Balaban J connectivity index is 1.62. The number of hydrogen-bond donors (Lipinski definition) is 0. The molecular formula is C13H21NO. The summed E-state index contributed by atoms with van der Waals surface area (Å²) in [6, 6.07) is 4.04. The highest BCUT2D eigenvalue weighted by Crippen LogP contribution is 2.16. The minimum atomic E-state index is 0.936. The monoisotopic (exact) mass is 207 g/mol. The molecule has 2 nitrogen and oxygen atoms in total. The van der Waals surface area contributed by atoms with Crippen LogP contribution in [0.3, 0.4) is 0 Å². The van der Waals surface area contributed by atoms with E-state index in [1.54, 1.807) is 6.26 Å². The lowest BCUT2D eigenvalue weighted by atomic mass is 9.99. The Morgan fingerprint density at radius 1 is 1.40 bits per heavy atom. The van der Waals surface area contributed by atoms with Crippen molar-refractivity contribution in [3.05, 3.63) is 24.2 Å². The van der Waals surface area contributed by atoms with Gasteiger partial charge in [0.1, 0.15) is 5.76 Å². The van der Waals surface area contributed by atoms with Gasteiger partial charge in [-0.1, -0.05) is 6.92 Å². The maximum absolute atomic E-state index is 5.32. The molecule has 0 unspecified atom stereocenters. The molecule has 0 aliphatic carbocycles. The molecule has 1 aromatic rings. The van der Waals surface area contributed by atoms with Gasteiger partial charge in [-0.15, -0.1) is 0 Å². The summed E-state index contributed by atoms with van der Waals surface area (Å²) >= 11 is 0. The topological polar surface area (TPSA) is 16.4 Å². The fourth-order valence-corrected chi connectivity index (χ4v) is 2.22. The molecule has 15 heavy (non-hydrogen) atoms. The first-order chi connectivity index (χ1) is 7.34. The van der Waals surface area contributed by atoms with Crippen molar-refractivity contribution in [3.63, 3.8) is 0 Å². The largest absolute Gasteiger partial charge is 0.469 e. The van der Waals surface area contributed by atoms with Gasteiger partial charge in [0.05, 0.1) is 6.26 Å². The average Bonchev–Trinajstić information content (AvgIpc) is 2.74. The third kappa shape index (κ3) is 3.38. The van der Waals surface area contributed by atoms with E-state index in [1.165, 1.54) is 38.9 Å². The van der Waals surface area contributed by atoms with Crippen LogP contribution in [0.25, 0.3) is 0 Å². The van der Waals surface area contributed by atoms with Gasteiger partial charge in [0, 0.05) is 6.42 Å². The fraction of sp³-hybridized carbons (Fsp3) is 0.692. The summed E-state index contributed by atoms with van der Waals surface area (Å²) in [5.41, 5.74) is 0. The van der Waals surface area contributed by atoms with Crippen LogP contribution in [0.4, 0.5) is 0 Å². The number of piperidine rings is 1. The van der Waals surface area contributed by atoms with Crippen molar-refractivity contribution in [2.75, 3.05) is 19.6 Å². The highest BCUT2D eigenvalue weighted by molar-refractivity contribution is 4.97. The van der Waals surface area contributed by atoms with Crippen molar-refractivity contribution in [1.29, 1.82) is 0 Å². The molecule has 0 N–H and O–H groups in total. The first-order valence-corrected chi connectivity index (χ1v) is 6.09. The van der Waals surface area contributed by atoms with Crippen molar-refractivity contribution < 1.29 is 4.42 Å². The predicted octanol–water partition coefficient (Wildman–Crippen LogP) is 2.94. The summed E-state index contributed by atoms with van der Waals surface area (Å²) in [5.74, 6) is 2.06. The van der Waals surface area contributed by atoms with Crippen LogP contribution >= 0.6 is 0 Å². The molecule has 1 aliphatic heterocycles. The summed E-state index contributed by atoms with van der Waals surface area (Å²) in [6.45, 7) is 6.17. The van der Waals surface area contributed by atoms with Crippen LogP contribution in [0.2, 0.25) is 0 Å².